The largest absolute Gasteiger partial charge is 0.343 e. The molecule has 0 spiro atoms. The van der Waals surface area contributed by atoms with E-state index in [0.29, 0.717) is 19.5 Å². The number of hydrogen-bond donors (Lipinski definition) is 1. The number of carbonyl (C=O) groups excluding carboxylic acids is 2. The van der Waals surface area contributed by atoms with Crippen molar-refractivity contribution >= 4 is 27.5 Å². The quantitative estimate of drug-likeness (QED) is 0.763. The van der Waals surface area contributed by atoms with Gasteiger partial charge >= 0.3 is 0 Å². The fourth-order valence-electron chi connectivity index (χ4n) is 3.60. The molecule has 148 valence electrons. The van der Waals surface area contributed by atoms with Gasteiger partial charge in [0.05, 0.1) is 4.90 Å². The smallest absolute Gasteiger partial charge is 0.240 e. The molecular weight excluding hydrogens is 366 g/mol. The number of likely N-dealkylation sites (tertiary alicyclic amines) is 1. The van der Waals surface area contributed by atoms with Crippen LogP contribution in [0.1, 0.15) is 44.6 Å². The predicted octanol–water partition coefficient (Wildman–Crippen LogP) is 1.67. The molecule has 0 bridgehead atoms. The first-order chi connectivity index (χ1) is 12.9. The van der Waals surface area contributed by atoms with E-state index in [2.05, 4.69) is 4.72 Å². The summed E-state index contributed by atoms with van der Waals surface area (Å²) in [5.41, 5.74) is 1.61. The summed E-state index contributed by atoms with van der Waals surface area (Å²) in [6, 6.07) is 4.89. The van der Waals surface area contributed by atoms with Crippen LogP contribution in [0, 0.1) is 0 Å². The van der Waals surface area contributed by atoms with E-state index in [1.54, 1.807) is 17.0 Å². The third-order valence-corrected chi connectivity index (χ3v) is 6.57. The molecule has 2 heterocycles. The molecule has 1 N–H and O–H groups in total. The first-order valence-electron chi connectivity index (χ1n) is 9.63. The summed E-state index contributed by atoms with van der Waals surface area (Å²) in [6.07, 6.45) is 3.85. The van der Waals surface area contributed by atoms with Gasteiger partial charge < -0.3 is 9.80 Å². The number of amides is 2. The van der Waals surface area contributed by atoms with Crippen molar-refractivity contribution in [3.8, 4) is 0 Å². The molecule has 0 radical (unpaired) electrons. The summed E-state index contributed by atoms with van der Waals surface area (Å²) in [7, 11) is -3.52. The molecule has 8 heteroatoms. The van der Waals surface area contributed by atoms with Crippen molar-refractivity contribution < 1.29 is 18.0 Å². The second-order valence-corrected chi connectivity index (χ2v) is 8.84. The van der Waals surface area contributed by atoms with Gasteiger partial charge in [-0.25, -0.2) is 13.1 Å². The Bertz CT molecular complexity index is 816. The van der Waals surface area contributed by atoms with E-state index in [9.17, 15) is 18.0 Å². The Morgan fingerprint density at radius 2 is 1.78 bits per heavy atom. The molecule has 2 aliphatic rings. The first kappa shape index (κ1) is 19.8. The highest BCUT2D eigenvalue weighted by Gasteiger charge is 2.27. The van der Waals surface area contributed by atoms with Gasteiger partial charge in [0.1, 0.15) is 0 Å². The van der Waals surface area contributed by atoms with Crippen molar-refractivity contribution in [1.82, 2.24) is 9.62 Å². The van der Waals surface area contributed by atoms with E-state index in [-0.39, 0.29) is 29.6 Å². The van der Waals surface area contributed by atoms with Crippen molar-refractivity contribution in [3.05, 3.63) is 23.8 Å². The molecule has 3 rings (SSSR count). The van der Waals surface area contributed by atoms with E-state index in [4.69, 9.17) is 0 Å². The number of nitrogens with zero attached hydrogens (tertiary/aromatic N) is 2. The number of nitrogens with one attached hydrogen (secondary N) is 1. The number of benzene rings is 1. The van der Waals surface area contributed by atoms with Crippen LogP contribution in [0.2, 0.25) is 0 Å². The number of sulfonamides is 1. The third-order valence-electron chi connectivity index (χ3n) is 5.11. The standard InChI is InChI=1S/C19H27N3O4S/c1-2-10-20-27(25,26)16-5-6-17-15(14-16)9-13-22(17)19(24)8-7-18(23)21-11-3-4-12-21/h5-6,14,20H,2-4,7-13H2,1H3. The van der Waals surface area contributed by atoms with Crippen LogP contribution in [-0.2, 0) is 26.0 Å². The number of fused-ring (bicyclic) bond motifs is 1. The lowest BCUT2D eigenvalue weighted by atomic mass is 10.2. The maximum atomic E-state index is 12.6. The molecule has 0 saturated carbocycles. The SMILES string of the molecule is CCCNS(=O)(=O)c1ccc2c(c1)CCN2C(=O)CCC(=O)N1CCCC1. The summed E-state index contributed by atoms with van der Waals surface area (Å²) in [6.45, 7) is 4.42. The molecule has 1 fully saturated rings. The highest BCUT2D eigenvalue weighted by atomic mass is 32.2. The van der Waals surface area contributed by atoms with Gasteiger partial charge in [0, 0.05) is 44.7 Å². The van der Waals surface area contributed by atoms with Crippen LogP contribution in [0.4, 0.5) is 5.69 Å². The van der Waals surface area contributed by atoms with E-state index in [1.165, 1.54) is 6.07 Å². The van der Waals surface area contributed by atoms with Gasteiger partial charge in [-0.3, -0.25) is 9.59 Å². The number of hydrogen-bond acceptors (Lipinski definition) is 4. The Balaban J connectivity index is 1.64. The maximum absolute atomic E-state index is 12.6. The average Bonchev–Trinajstić information content (AvgIpc) is 3.33. The first-order valence-corrected chi connectivity index (χ1v) is 11.1. The molecule has 1 aromatic carbocycles. The van der Waals surface area contributed by atoms with Crippen molar-refractivity contribution in [1.29, 1.82) is 0 Å². The summed E-state index contributed by atoms with van der Waals surface area (Å²) in [4.78, 5) is 28.4. The minimum atomic E-state index is -3.52. The molecule has 27 heavy (non-hydrogen) atoms. The molecule has 1 saturated heterocycles. The zero-order valence-corrected chi connectivity index (χ0v) is 16.6. The topological polar surface area (TPSA) is 86.8 Å². The van der Waals surface area contributed by atoms with Gasteiger partial charge in [0.25, 0.3) is 0 Å². The molecule has 0 aromatic heterocycles. The van der Waals surface area contributed by atoms with Crippen molar-refractivity contribution in [2.24, 2.45) is 0 Å². The van der Waals surface area contributed by atoms with Crippen LogP contribution in [0.3, 0.4) is 0 Å². The van der Waals surface area contributed by atoms with E-state index in [0.717, 1.165) is 43.6 Å². The molecule has 1 aromatic rings. The van der Waals surface area contributed by atoms with Gasteiger partial charge in [0.2, 0.25) is 21.8 Å². The molecule has 7 nitrogen and oxygen atoms in total. The Morgan fingerprint density at radius 1 is 1.07 bits per heavy atom. The minimum absolute atomic E-state index is 0.0451. The van der Waals surface area contributed by atoms with Gasteiger partial charge in [-0.05, 0) is 49.4 Å². The minimum Gasteiger partial charge on any atom is -0.343 e. The van der Waals surface area contributed by atoms with Crippen molar-refractivity contribution in [2.45, 2.75) is 50.3 Å². The fourth-order valence-corrected chi connectivity index (χ4v) is 4.78. The zero-order valence-electron chi connectivity index (χ0n) is 15.7. The summed E-state index contributed by atoms with van der Waals surface area (Å²) >= 11 is 0. The Morgan fingerprint density at radius 3 is 2.48 bits per heavy atom. The Kier molecular flexibility index (Phi) is 6.16. The van der Waals surface area contributed by atoms with Gasteiger partial charge in [-0.1, -0.05) is 6.92 Å². The normalized spacial score (nSPS) is 16.6. The van der Waals surface area contributed by atoms with Gasteiger partial charge in [0.15, 0.2) is 0 Å². The van der Waals surface area contributed by atoms with E-state index in [1.807, 2.05) is 11.8 Å². The second kappa shape index (κ2) is 8.39. The summed E-state index contributed by atoms with van der Waals surface area (Å²) in [5.74, 6) is -0.0373. The number of carbonyl (C=O) groups is 2. The monoisotopic (exact) mass is 393 g/mol. The molecule has 0 atom stereocenters. The van der Waals surface area contributed by atoms with Crippen LogP contribution < -0.4 is 9.62 Å². The molecule has 0 unspecified atom stereocenters. The average molecular weight is 394 g/mol. The number of rotatable bonds is 7. The highest BCUT2D eigenvalue weighted by Crippen LogP contribution is 2.31. The van der Waals surface area contributed by atoms with Gasteiger partial charge in [-0.2, -0.15) is 0 Å². The van der Waals surface area contributed by atoms with Crippen LogP contribution in [-0.4, -0.2) is 51.3 Å². The van der Waals surface area contributed by atoms with Crippen LogP contribution in [0.15, 0.2) is 23.1 Å². The fraction of sp³-hybridized carbons (Fsp3) is 0.579. The van der Waals surface area contributed by atoms with Crippen molar-refractivity contribution in [2.75, 3.05) is 31.1 Å². The lowest BCUT2D eigenvalue weighted by Gasteiger charge is -2.19. The van der Waals surface area contributed by atoms with Crippen LogP contribution in [0.5, 0.6) is 0 Å². The maximum Gasteiger partial charge on any atom is 0.240 e. The summed E-state index contributed by atoms with van der Waals surface area (Å²) < 4.78 is 27.1. The van der Waals surface area contributed by atoms with Gasteiger partial charge in [-0.15, -0.1) is 0 Å². The second-order valence-electron chi connectivity index (χ2n) is 7.07. The highest BCUT2D eigenvalue weighted by molar-refractivity contribution is 7.89. The zero-order chi connectivity index (χ0) is 19.4. The predicted molar refractivity (Wildman–Crippen MR) is 103 cm³/mol. The van der Waals surface area contributed by atoms with Crippen LogP contribution >= 0.6 is 0 Å². The van der Waals surface area contributed by atoms with Crippen LogP contribution in [0.25, 0.3) is 0 Å². The van der Waals surface area contributed by atoms with E-state index >= 15 is 0 Å². The third kappa shape index (κ3) is 4.50. The van der Waals surface area contributed by atoms with E-state index < -0.39 is 10.0 Å². The molecule has 2 aliphatic heterocycles. The lowest BCUT2D eigenvalue weighted by Crippen LogP contribution is -2.32. The van der Waals surface area contributed by atoms with Crippen molar-refractivity contribution in [3.63, 3.8) is 0 Å². The molecule has 0 aliphatic carbocycles. The Labute approximate surface area is 160 Å². The molecule has 2 amide bonds. The lowest BCUT2D eigenvalue weighted by molar-refractivity contribution is -0.132. The summed E-state index contributed by atoms with van der Waals surface area (Å²) in [5, 5.41) is 0. The Hall–Kier alpha value is -1.93. The molecular formula is C19H27N3O4S. The number of anilines is 1.